The molecule has 0 aromatic rings. The third-order valence-electron chi connectivity index (χ3n) is 2.45. The lowest BCUT2D eigenvalue weighted by Gasteiger charge is -2.23. The Morgan fingerprint density at radius 1 is 1.64 bits per heavy atom. The van der Waals surface area contributed by atoms with Gasteiger partial charge in [0.1, 0.15) is 6.61 Å². The van der Waals surface area contributed by atoms with Crippen LogP contribution in [-0.2, 0) is 9.53 Å². The summed E-state index contributed by atoms with van der Waals surface area (Å²) in [6.07, 6.45) is 1.97. The Bertz CT molecular complexity index is 194. The number of hydrogen-bond donors (Lipinski definition) is 1. The molecule has 0 aromatic heterocycles. The molecule has 0 saturated carbocycles. The molecule has 1 amide bonds. The molecule has 0 spiro atoms. The van der Waals surface area contributed by atoms with Crippen molar-refractivity contribution in [2.24, 2.45) is 0 Å². The van der Waals surface area contributed by atoms with Crippen LogP contribution in [0.25, 0.3) is 0 Å². The van der Waals surface area contributed by atoms with Crippen LogP contribution in [0.3, 0.4) is 0 Å². The van der Waals surface area contributed by atoms with Crippen molar-refractivity contribution >= 4 is 5.91 Å². The van der Waals surface area contributed by atoms with E-state index in [4.69, 9.17) is 9.84 Å². The van der Waals surface area contributed by atoms with Crippen LogP contribution in [0.5, 0.6) is 0 Å². The second-order valence-corrected chi connectivity index (χ2v) is 3.93. The molecule has 82 valence electrons. The highest BCUT2D eigenvalue weighted by atomic mass is 16.5. The minimum atomic E-state index is -0.00440. The largest absolute Gasteiger partial charge is 0.394 e. The maximum Gasteiger partial charge on any atom is 0.248 e. The van der Waals surface area contributed by atoms with E-state index in [1.807, 2.05) is 13.8 Å². The summed E-state index contributed by atoms with van der Waals surface area (Å²) in [6.45, 7) is 4.76. The van der Waals surface area contributed by atoms with Gasteiger partial charge in [0.2, 0.25) is 5.91 Å². The van der Waals surface area contributed by atoms with Gasteiger partial charge in [0.05, 0.1) is 18.8 Å². The molecule has 1 saturated heterocycles. The molecule has 4 heteroatoms. The van der Waals surface area contributed by atoms with E-state index in [0.717, 1.165) is 19.4 Å². The quantitative estimate of drug-likeness (QED) is 0.716. The summed E-state index contributed by atoms with van der Waals surface area (Å²) in [5.41, 5.74) is 0. The summed E-state index contributed by atoms with van der Waals surface area (Å²) in [7, 11) is 0. The number of ether oxygens (including phenoxy) is 1. The van der Waals surface area contributed by atoms with Crippen LogP contribution in [0.2, 0.25) is 0 Å². The number of carbonyl (C=O) groups excluding carboxylic acids is 1. The van der Waals surface area contributed by atoms with Gasteiger partial charge in [-0.05, 0) is 26.7 Å². The van der Waals surface area contributed by atoms with Crippen LogP contribution in [0.1, 0.15) is 26.7 Å². The van der Waals surface area contributed by atoms with E-state index < -0.39 is 0 Å². The molecule has 1 fully saturated rings. The van der Waals surface area contributed by atoms with Gasteiger partial charge in [0.15, 0.2) is 0 Å². The van der Waals surface area contributed by atoms with Gasteiger partial charge in [0.25, 0.3) is 0 Å². The van der Waals surface area contributed by atoms with Gasteiger partial charge in [-0.2, -0.15) is 0 Å². The number of aliphatic hydroxyl groups excluding tert-OH is 1. The van der Waals surface area contributed by atoms with Gasteiger partial charge in [-0.1, -0.05) is 0 Å². The Hall–Kier alpha value is -0.610. The average Bonchev–Trinajstić information content (AvgIpc) is 2.61. The molecule has 0 aromatic carbocycles. The molecule has 1 aliphatic heterocycles. The lowest BCUT2D eigenvalue weighted by atomic mass is 10.2. The Morgan fingerprint density at radius 2 is 2.36 bits per heavy atom. The minimum Gasteiger partial charge on any atom is -0.394 e. The Kier molecular flexibility index (Phi) is 4.35. The first-order valence-corrected chi connectivity index (χ1v) is 5.17. The fourth-order valence-electron chi connectivity index (χ4n) is 1.67. The van der Waals surface area contributed by atoms with Gasteiger partial charge in [-0.25, -0.2) is 0 Å². The second kappa shape index (κ2) is 5.32. The summed E-state index contributed by atoms with van der Waals surface area (Å²) < 4.78 is 5.24. The van der Waals surface area contributed by atoms with E-state index in [-0.39, 0.29) is 31.3 Å². The van der Waals surface area contributed by atoms with Crippen molar-refractivity contribution in [2.45, 2.75) is 38.8 Å². The number of hydrogen-bond acceptors (Lipinski definition) is 3. The van der Waals surface area contributed by atoms with Crippen molar-refractivity contribution in [2.75, 3.05) is 19.8 Å². The van der Waals surface area contributed by atoms with Crippen LogP contribution < -0.4 is 0 Å². The van der Waals surface area contributed by atoms with E-state index in [9.17, 15) is 4.79 Å². The zero-order valence-corrected chi connectivity index (χ0v) is 8.90. The van der Waals surface area contributed by atoms with E-state index in [1.165, 1.54) is 0 Å². The number of nitrogens with zero attached hydrogens (tertiary/aromatic N) is 1. The second-order valence-electron chi connectivity index (χ2n) is 3.93. The van der Waals surface area contributed by atoms with E-state index in [2.05, 4.69) is 0 Å². The van der Waals surface area contributed by atoms with E-state index in [1.54, 1.807) is 4.90 Å². The molecular weight excluding hydrogens is 182 g/mol. The zero-order chi connectivity index (χ0) is 10.6. The van der Waals surface area contributed by atoms with Crippen LogP contribution >= 0.6 is 0 Å². The summed E-state index contributed by atoms with van der Waals surface area (Å²) in [6, 6.07) is 0.0123. The first-order valence-electron chi connectivity index (χ1n) is 5.17. The SMILES string of the molecule is CC(C)OCC(=O)N1CCC[C@@H]1CO. The normalized spacial score (nSPS) is 22.0. The maximum absolute atomic E-state index is 11.6. The molecule has 4 nitrogen and oxygen atoms in total. The van der Waals surface area contributed by atoms with Crippen molar-refractivity contribution in [3.05, 3.63) is 0 Å². The molecule has 1 aliphatic rings. The molecule has 1 heterocycles. The van der Waals surface area contributed by atoms with Gasteiger partial charge in [-0.3, -0.25) is 4.79 Å². The molecule has 0 aliphatic carbocycles. The lowest BCUT2D eigenvalue weighted by Crippen LogP contribution is -2.40. The first-order chi connectivity index (χ1) is 6.65. The predicted octanol–water partition coefficient (Wildman–Crippen LogP) is 0.395. The minimum absolute atomic E-state index is 0.00440. The maximum atomic E-state index is 11.6. The van der Waals surface area contributed by atoms with Crippen LogP contribution in [0.4, 0.5) is 0 Å². The summed E-state index contributed by atoms with van der Waals surface area (Å²) >= 11 is 0. The Balaban J connectivity index is 2.35. The number of likely N-dealkylation sites (tertiary alicyclic amines) is 1. The lowest BCUT2D eigenvalue weighted by molar-refractivity contribution is -0.139. The molecule has 1 rings (SSSR count). The van der Waals surface area contributed by atoms with Crippen LogP contribution in [0, 0.1) is 0 Å². The van der Waals surface area contributed by atoms with Crippen molar-refractivity contribution < 1.29 is 14.6 Å². The first kappa shape index (κ1) is 11.5. The Morgan fingerprint density at radius 3 is 2.93 bits per heavy atom. The number of rotatable bonds is 4. The monoisotopic (exact) mass is 201 g/mol. The van der Waals surface area contributed by atoms with Crippen LogP contribution in [0.15, 0.2) is 0 Å². The molecule has 1 N–H and O–H groups in total. The van der Waals surface area contributed by atoms with E-state index in [0.29, 0.717) is 0 Å². The highest BCUT2D eigenvalue weighted by Gasteiger charge is 2.27. The van der Waals surface area contributed by atoms with Gasteiger partial charge < -0.3 is 14.7 Å². The molecular formula is C10H19NO3. The summed E-state index contributed by atoms with van der Waals surface area (Å²) in [5, 5.41) is 9.03. The van der Waals surface area contributed by atoms with E-state index >= 15 is 0 Å². The average molecular weight is 201 g/mol. The Labute approximate surface area is 84.8 Å². The molecule has 1 atom stereocenters. The number of aliphatic hydroxyl groups is 1. The highest BCUT2D eigenvalue weighted by Crippen LogP contribution is 2.16. The van der Waals surface area contributed by atoms with Crippen molar-refractivity contribution in [1.82, 2.24) is 4.90 Å². The zero-order valence-electron chi connectivity index (χ0n) is 8.90. The fourth-order valence-corrected chi connectivity index (χ4v) is 1.67. The summed E-state index contributed by atoms with van der Waals surface area (Å²) in [5.74, 6) is -0.00440. The topological polar surface area (TPSA) is 49.8 Å². The molecule has 0 radical (unpaired) electrons. The predicted molar refractivity (Wildman–Crippen MR) is 52.9 cm³/mol. The van der Waals surface area contributed by atoms with Crippen molar-refractivity contribution in [1.29, 1.82) is 0 Å². The standard InChI is InChI=1S/C10H19NO3/c1-8(2)14-7-10(13)11-5-3-4-9(11)6-12/h8-9,12H,3-7H2,1-2H3/t9-/m1/s1. The smallest absolute Gasteiger partial charge is 0.248 e. The number of amides is 1. The third-order valence-corrected chi connectivity index (χ3v) is 2.45. The summed E-state index contributed by atoms with van der Waals surface area (Å²) in [4.78, 5) is 13.3. The third kappa shape index (κ3) is 2.96. The molecule has 14 heavy (non-hydrogen) atoms. The van der Waals surface area contributed by atoms with Gasteiger partial charge in [-0.15, -0.1) is 0 Å². The fraction of sp³-hybridized carbons (Fsp3) is 0.900. The van der Waals surface area contributed by atoms with Crippen molar-refractivity contribution in [3.8, 4) is 0 Å². The van der Waals surface area contributed by atoms with Gasteiger partial charge >= 0.3 is 0 Å². The van der Waals surface area contributed by atoms with Crippen molar-refractivity contribution in [3.63, 3.8) is 0 Å². The molecule has 0 unspecified atom stereocenters. The molecule has 0 bridgehead atoms. The van der Waals surface area contributed by atoms with Crippen LogP contribution in [-0.4, -0.2) is 47.8 Å². The number of carbonyl (C=O) groups is 1. The highest BCUT2D eigenvalue weighted by molar-refractivity contribution is 5.78. The van der Waals surface area contributed by atoms with Gasteiger partial charge in [0, 0.05) is 6.54 Å².